The highest BCUT2D eigenvalue weighted by Crippen LogP contribution is 2.23. The highest BCUT2D eigenvalue weighted by Gasteiger charge is 2.26. The van der Waals surface area contributed by atoms with Crippen molar-refractivity contribution in [3.8, 4) is 5.75 Å². The lowest BCUT2D eigenvalue weighted by atomic mass is 9.98. The Balaban J connectivity index is 2.17. The summed E-state index contributed by atoms with van der Waals surface area (Å²) in [6.45, 7) is 4.92. The van der Waals surface area contributed by atoms with E-state index in [1.54, 1.807) is 35.7 Å². The Morgan fingerprint density at radius 3 is 2.67 bits per heavy atom. The Labute approximate surface area is 127 Å². The van der Waals surface area contributed by atoms with Crippen molar-refractivity contribution in [2.75, 3.05) is 33.3 Å². The van der Waals surface area contributed by atoms with Gasteiger partial charge in [-0.2, -0.15) is 4.31 Å². The summed E-state index contributed by atoms with van der Waals surface area (Å²) < 4.78 is 32.2. The van der Waals surface area contributed by atoms with Gasteiger partial charge in [0, 0.05) is 19.2 Å². The third-order valence-electron chi connectivity index (χ3n) is 3.95. The van der Waals surface area contributed by atoms with Gasteiger partial charge in [-0.3, -0.25) is 0 Å². The molecule has 1 fully saturated rings. The number of nitrogens with one attached hydrogen (secondary N) is 1. The molecule has 1 aliphatic heterocycles. The quantitative estimate of drug-likeness (QED) is 0.869. The standard InChI is InChI=1S/C15H24N2O3S/c1-3-17(12-13-7-9-16-10-8-13)21(18,19)15-6-4-5-14(11-15)20-2/h4-6,11,13,16H,3,7-10,12H2,1-2H3. The molecule has 2 rings (SSSR count). The maximum atomic E-state index is 12.8. The van der Waals surface area contributed by atoms with Crippen LogP contribution in [0.2, 0.25) is 0 Å². The molecule has 0 aliphatic carbocycles. The fourth-order valence-corrected chi connectivity index (χ4v) is 4.22. The molecule has 21 heavy (non-hydrogen) atoms. The first kappa shape index (κ1) is 16.3. The lowest BCUT2D eigenvalue weighted by Crippen LogP contribution is -2.39. The van der Waals surface area contributed by atoms with Crippen molar-refractivity contribution in [1.82, 2.24) is 9.62 Å². The summed E-state index contributed by atoms with van der Waals surface area (Å²) in [5, 5.41) is 3.31. The average Bonchev–Trinajstić information content (AvgIpc) is 2.53. The fraction of sp³-hybridized carbons (Fsp3) is 0.600. The zero-order chi connectivity index (χ0) is 15.3. The summed E-state index contributed by atoms with van der Waals surface area (Å²) in [5.41, 5.74) is 0. The van der Waals surface area contributed by atoms with E-state index in [1.807, 2.05) is 6.92 Å². The van der Waals surface area contributed by atoms with Gasteiger partial charge < -0.3 is 10.1 Å². The second-order valence-electron chi connectivity index (χ2n) is 5.33. The minimum Gasteiger partial charge on any atom is -0.497 e. The molecule has 0 aromatic heterocycles. The zero-order valence-corrected chi connectivity index (χ0v) is 13.5. The Hall–Kier alpha value is -1.11. The molecule has 1 heterocycles. The first-order valence-corrected chi connectivity index (χ1v) is 8.87. The highest BCUT2D eigenvalue weighted by atomic mass is 32.2. The van der Waals surface area contributed by atoms with Crippen LogP contribution in [-0.2, 0) is 10.0 Å². The van der Waals surface area contributed by atoms with Crippen molar-refractivity contribution in [2.24, 2.45) is 5.92 Å². The largest absolute Gasteiger partial charge is 0.497 e. The van der Waals surface area contributed by atoms with Crippen LogP contribution in [0, 0.1) is 5.92 Å². The van der Waals surface area contributed by atoms with E-state index in [0.717, 1.165) is 25.9 Å². The minimum atomic E-state index is -3.45. The number of ether oxygens (including phenoxy) is 1. The van der Waals surface area contributed by atoms with Crippen LogP contribution in [0.15, 0.2) is 29.2 Å². The molecule has 118 valence electrons. The summed E-state index contributed by atoms with van der Waals surface area (Å²) in [5.74, 6) is 1.00. The Morgan fingerprint density at radius 2 is 2.05 bits per heavy atom. The number of methoxy groups -OCH3 is 1. The number of benzene rings is 1. The first-order valence-electron chi connectivity index (χ1n) is 7.43. The van der Waals surface area contributed by atoms with Crippen molar-refractivity contribution in [3.63, 3.8) is 0 Å². The monoisotopic (exact) mass is 312 g/mol. The Kier molecular flexibility index (Phi) is 5.61. The van der Waals surface area contributed by atoms with Crippen LogP contribution in [0.1, 0.15) is 19.8 Å². The molecule has 1 aromatic rings. The minimum absolute atomic E-state index is 0.303. The maximum absolute atomic E-state index is 12.8. The van der Waals surface area contributed by atoms with Gasteiger partial charge in [0.25, 0.3) is 0 Å². The van der Waals surface area contributed by atoms with Crippen LogP contribution in [0.3, 0.4) is 0 Å². The van der Waals surface area contributed by atoms with Gasteiger partial charge in [-0.05, 0) is 44.0 Å². The van der Waals surface area contributed by atoms with Gasteiger partial charge in [-0.25, -0.2) is 8.42 Å². The predicted octanol–water partition coefficient (Wildman–Crippen LogP) is 1.71. The van der Waals surface area contributed by atoms with Crippen molar-refractivity contribution in [1.29, 1.82) is 0 Å². The molecule has 0 unspecified atom stereocenters. The summed E-state index contributed by atoms with van der Waals surface area (Å²) in [4.78, 5) is 0.303. The van der Waals surface area contributed by atoms with Gasteiger partial charge in [0.05, 0.1) is 12.0 Å². The van der Waals surface area contributed by atoms with Crippen molar-refractivity contribution >= 4 is 10.0 Å². The molecular weight excluding hydrogens is 288 g/mol. The fourth-order valence-electron chi connectivity index (χ4n) is 2.66. The highest BCUT2D eigenvalue weighted by molar-refractivity contribution is 7.89. The van der Waals surface area contributed by atoms with E-state index in [1.165, 1.54) is 0 Å². The second-order valence-corrected chi connectivity index (χ2v) is 7.27. The normalized spacial score (nSPS) is 17.1. The molecule has 1 saturated heterocycles. The van der Waals surface area contributed by atoms with Gasteiger partial charge in [-0.15, -0.1) is 0 Å². The third kappa shape index (κ3) is 3.96. The molecule has 0 spiro atoms. The van der Waals surface area contributed by atoms with E-state index in [4.69, 9.17) is 4.74 Å². The SMILES string of the molecule is CCN(CC1CCNCC1)S(=O)(=O)c1cccc(OC)c1. The van der Waals surface area contributed by atoms with E-state index in [9.17, 15) is 8.42 Å². The molecular formula is C15H24N2O3S. The van der Waals surface area contributed by atoms with Gasteiger partial charge in [0.2, 0.25) is 10.0 Å². The van der Waals surface area contributed by atoms with Crippen LogP contribution < -0.4 is 10.1 Å². The summed E-state index contributed by atoms with van der Waals surface area (Å²) >= 11 is 0. The molecule has 1 aliphatic rings. The van der Waals surface area contributed by atoms with Crippen LogP contribution in [0.5, 0.6) is 5.75 Å². The molecule has 0 atom stereocenters. The molecule has 0 bridgehead atoms. The molecule has 1 aromatic carbocycles. The number of sulfonamides is 1. The lowest BCUT2D eigenvalue weighted by molar-refractivity contribution is 0.294. The van der Waals surface area contributed by atoms with Crippen LogP contribution in [-0.4, -0.2) is 46.0 Å². The van der Waals surface area contributed by atoms with Crippen molar-refractivity contribution < 1.29 is 13.2 Å². The summed E-state index contributed by atoms with van der Waals surface area (Å²) in [6.07, 6.45) is 2.06. The topological polar surface area (TPSA) is 58.6 Å². The number of rotatable bonds is 6. The van der Waals surface area contributed by atoms with E-state index in [2.05, 4.69) is 5.32 Å². The van der Waals surface area contributed by atoms with Crippen LogP contribution in [0.25, 0.3) is 0 Å². The molecule has 5 nitrogen and oxygen atoms in total. The molecule has 1 N–H and O–H groups in total. The van der Waals surface area contributed by atoms with E-state index >= 15 is 0 Å². The number of hydrogen-bond acceptors (Lipinski definition) is 4. The predicted molar refractivity (Wildman–Crippen MR) is 83.0 cm³/mol. The van der Waals surface area contributed by atoms with Crippen LogP contribution in [0.4, 0.5) is 0 Å². The van der Waals surface area contributed by atoms with Gasteiger partial charge >= 0.3 is 0 Å². The smallest absolute Gasteiger partial charge is 0.243 e. The molecule has 0 amide bonds. The Morgan fingerprint density at radius 1 is 1.33 bits per heavy atom. The molecule has 0 radical (unpaired) electrons. The molecule has 0 saturated carbocycles. The van der Waals surface area contributed by atoms with Gasteiger partial charge in [-0.1, -0.05) is 13.0 Å². The van der Waals surface area contributed by atoms with Crippen molar-refractivity contribution in [3.05, 3.63) is 24.3 Å². The zero-order valence-electron chi connectivity index (χ0n) is 12.7. The third-order valence-corrected chi connectivity index (χ3v) is 5.89. The van der Waals surface area contributed by atoms with E-state index < -0.39 is 10.0 Å². The van der Waals surface area contributed by atoms with E-state index in [0.29, 0.717) is 29.7 Å². The number of hydrogen-bond donors (Lipinski definition) is 1. The van der Waals surface area contributed by atoms with Gasteiger partial charge in [0.15, 0.2) is 0 Å². The second kappa shape index (κ2) is 7.24. The van der Waals surface area contributed by atoms with Crippen molar-refractivity contribution in [2.45, 2.75) is 24.7 Å². The number of nitrogens with zero attached hydrogens (tertiary/aromatic N) is 1. The Bertz CT molecular complexity index is 554. The molecule has 6 heteroatoms. The number of piperidine rings is 1. The van der Waals surface area contributed by atoms with E-state index in [-0.39, 0.29) is 0 Å². The van der Waals surface area contributed by atoms with Gasteiger partial charge in [0.1, 0.15) is 5.75 Å². The summed E-state index contributed by atoms with van der Waals surface area (Å²) in [6, 6.07) is 6.68. The maximum Gasteiger partial charge on any atom is 0.243 e. The first-order chi connectivity index (χ1) is 10.1. The average molecular weight is 312 g/mol. The lowest BCUT2D eigenvalue weighted by Gasteiger charge is -2.28. The summed E-state index contributed by atoms with van der Waals surface area (Å²) in [7, 11) is -1.91. The van der Waals surface area contributed by atoms with Crippen LogP contribution >= 0.6 is 0 Å².